The number of ether oxygens (including phenoxy) is 1. The van der Waals surface area contributed by atoms with E-state index in [4.69, 9.17) is 15.7 Å². The lowest BCUT2D eigenvalue weighted by Gasteiger charge is -2.11. The van der Waals surface area contributed by atoms with Gasteiger partial charge in [-0.05, 0) is 37.8 Å². The Balaban J connectivity index is 1.84. The molecular weight excluding hydrogens is 218 g/mol. The van der Waals surface area contributed by atoms with Crippen molar-refractivity contribution in [1.29, 1.82) is 0 Å². The van der Waals surface area contributed by atoms with Gasteiger partial charge in [0.15, 0.2) is 5.84 Å². The van der Waals surface area contributed by atoms with Gasteiger partial charge in [-0.15, -0.1) is 0 Å². The number of aryl methyl sites for hydroxylation is 1. The maximum atomic E-state index is 8.66. The molecule has 2 heterocycles. The molecule has 5 heteroatoms. The lowest BCUT2D eigenvalue weighted by atomic mass is 10.1. The third-order valence-corrected chi connectivity index (χ3v) is 3.15. The number of rotatable bonds is 5. The van der Waals surface area contributed by atoms with E-state index in [0.29, 0.717) is 6.10 Å². The molecule has 2 rings (SSSR count). The highest BCUT2D eigenvalue weighted by Gasteiger charge is 2.15. The number of aromatic nitrogens is 1. The van der Waals surface area contributed by atoms with Gasteiger partial charge >= 0.3 is 0 Å². The van der Waals surface area contributed by atoms with Gasteiger partial charge < -0.3 is 20.2 Å². The second-order valence-corrected chi connectivity index (χ2v) is 4.35. The third kappa shape index (κ3) is 3.00. The molecule has 1 unspecified atom stereocenters. The van der Waals surface area contributed by atoms with E-state index in [1.54, 1.807) is 0 Å². The van der Waals surface area contributed by atoms with E-state index >= 15 is 0 Å². The van der Waals surface area contributed by atoms with E-state index in [1.807, 2.05) is 22.9 Å². The molecule has 5 nitrogen and oxygen atoms in total. The standard InChI is InChI=1S/C12H19N3O2/c13-12(14-16)11-6-2-8-15(11)7-1-4-10-5-3-9-17-10/h2,6,8,10,16H,1,3-5,7,9H2,(H2,13,14). The topological polar surface area (TPSA) is 72.8 Å². The number of hydrogen-bond acceptors (Lipinski definition) is 3. The fourth-order valence-electron chi connectivity index (χ4n) is 2.25. The highest BCUT2D eigenvalue weighted by Crippen LogP contribution is 2.17. The summed E-state index contributed by atoms with van der Waals surface area (Å²) in [7, 11) is 0. The third-order valence-electron chi connectivity index (χ3n) is 3.15. The highest BCUT2D eigenvalue weighted by molar-refractivity contribution is 5.95. The van der Waals surface area contributed by atoms with E-state index in [2.05, 4.69) is 5.16 Å². The molecule has 94 valence electrons. The molecule has 0 amide bonds. The number of amidine groups is 1. The minimum absolute atomic E-state index is 0.159. The quantitative estimate of drug-likeness (QED) is 0.353. The monoisotopic (exact) mass is 237 g/mol. The number of nitrogens with two attached hydrogens (primary N) is 1. The number of nitrogens with zero attached hydrogens (tertiary/aromatic N) is 2. The zero-order valence-electron chi connectivity index (χ0n) is 9.88. The van der Waals surface area contributed by atoms with Crippen LogP contribution >= 0.6 is 0 Å². The van der Waals surface area contributed by atoms with Crippen molar-refractivity contribution in [1.82, 2.24) is 4.57 Å². The van der Waals surface area contributed by atoms with Crippen LogP contribution in [0.25, 0.3) is 0 Å². The van der Waals surface area contributed by atoms with E-state index in [1.165, 1.54) is 12.8 Å². The second kappa shape index (κ2) is 5.72. The van der Waals surface area contributed by atoms with Crippen molar-refractivity contribution in [3.63, 3.8) is 0 Å². The smallest absolute Gasteiger partial charge is 0.186 e. The summed E-state index contributed by atoms with van der Waals surface area (Å²) in [6.45, 7) is 1.78. The average molecular weight is 237 g/mol. The van der Waals surface area contributed by atoms with Gasteiger partial charge in [0.25, 0.3) is 0 Å². The average Bonchev–Trinajstić information content (AvgIpc) is 2.99. The Morgan fingerprint density at radius 1 is 1.65 bits per heavy atom. The minimum atomic E-state index is 0.159. The van der Waals surface area contributed by atoms with E-state index < -0.39 is 0 Å². The molecule has 1 atom stereocenters. The van der Waals surface area contributed by atoms with Gasteiger partial charge in [0.2, 0.25) is 0 Å². The first-order valence-electron chi connectivity index (χ1n) is 6.06. The Labute approximate surface area is 101 Å². The van der Waals surface area contributed by atoms with Crippen LogP contribution in [-0.4, -0.2) is 28.3 Å². The van der Waals surface area contributed by atoms with Gasteiger partial charge in [-0.1, -0.05) is 5.16 Å². The molecule has 1 aliphatic heterocycles. The molecule has 0 saturated carbocycles. The van der Waals surface area contributed by atoms with Crippen LogP contribution in [0.2, 0.25) is 0 Å². The van der Waals surface area contributed by atoms with Crippen molar-refractivity contribution in [2.75, 3.05) is 6.61 Å². The van der Waals surface area contributed by atoms with Gasteiger partial charge in [-0.2, -0.15) is 0 Å². The zero-order chi connectivity index (χ0) is 12.1. The van der Waals surface area contributed by atoms with E-state index in [0.717, 1.165) is 31.7 Å². The SMILES string of the molecule is N/C(=N/O)c1cccn1CCCC1CCCO1. The van der Waals surface area contributed by atoms with Crippen molar-refractivity contribution in [2.24, 2.45) is 10.9 Å². The molecule has 0 aliphatic carbocycles. The van der Waals surface area contributed by atoms with Crippen LogP contribution in [0, 0.1) is 0 Å². The maximum Gasteiger partial charge on any atom is 0.186 e. The predicted octanol–water partition coefficient (Wildman–Crippen LogP) is 1.54. The lowest BCUT2D eigenvalue weighted by molar-refractivity contribution is 0.101. The molecule has 1 saturated heterocycles. The van der Waals surface area contributed by atoms with Gasteiger partial charge in [-0.3, -0.25) is 0 Å². The van der Waals surface area contributed by atoms with Crippen LogP contribution < -0.4 is 5.73 Å². The van der Waals surface area contributed by atoms with Crippen molar-refractivity contribution in [2.45, 2.75) is 38.3 Å². The summed E-state index contributed by atoms with van der Waals surface area (Å²) in [5.74, 6) is 0.159. The normalized spacial score (nSPS) is 20.9. The number of hydrogen-bond donors (Lipinski definition) is 2. The molecule has 0 radical (unpaired) electrons. The van der Waals surface area contributed by atoms with Crippen molar-refractivity contribution in [3.8, 4) is 0 Å². The van der Waals surface area contributed by atoms with Gasteiger partial charge in [0.05, 0.1) is 11.8 Å². The van der Waals surface area contributed by atoms with Gasteiger partial charge in [-0.25, -0.2) is 0 Å². The summed E-state index contributed by atoms with van der Waals surface area (Å²) in [5, 5.41) is 11.7. The van der Waals surface area contributed by atoms with Crippen LogP contribution in [0.3, 0.4) is 0 Å². The minimum Gasteiger partial charge on any atom is -0.409 e. The van der Waals surface area contributed by atoms with Crippen LogP contribution in [0.5, 0.6) is 0 Å². The van der Waals surface area contributed by atoms with Crippen LogP contribution in [0.1, 0.15) is 31.4 Å². The fraction of sp³-hybridized carbons (Fsp3) is 0.583. The van der Waals surface area contributed by atoms with Gasteiger partial charge in [0, 0.05) is 19.3 Å². The molecule has 1 fully saturated rings. The van der Waals surface area contributed by atoms with Crippen molar-refractivity contribution < 1.29 is 9.94 Å². The Kier molecular flexibility index (Phi) is 4.03. The predicted molar refractivity (Wildman–Crippen MR) is 65.2 cm³/mol. The van der Waals surface area contributed by atoms with Crippen molar-refractivity contribution in [3.05, 3.63) is 24.0 Å². The molecule has 17 heavy (non-hydrogen) atoms. The molecular formula is C12H19N3O2. The first-order chi connectivity index (χ1) is 8.31. The Morgan fingerprint density at radius 3 is 3.24 bits per heavy atom. The first kappa shape index (κ1) is 12.0. The molecule has 0 bridgehead atoms. The molecule has 1 aromatic rings. The molecule has 1 aliphatic rings. The summed E-state index contributed by atoms with van der Waals surface area (Å²) >= 11 is 0. The van der Waals surface area contributed by atoms with Crippen LogP contribution in [-0.2, 0) is 11.3 Å². The first-order valence-corrected chi connectivity index (χ1v) is 6.06. The molecule has 0 aromatic carbocycles. The molecule has 1 aromatic heterocycles. The molecule has 0 spiro atoms. The van der Waals surface area contributed by atoms with E-state index in [9.17, 15) is 0 Å². The van der Waals surface area contributed by atoms with Crippen LogP contribution in [0.15, 0.2) is 23.5 Å². The largest absolute Gasteiger partial charge is 0.409 e. The Hall–Kier alpha value is -1.49. The fourth-order valence-corrected chi connectivity index (χ4v) is 2.25. The summed E-state index contributed by atoms with van der Waals surface area (Å²) in [6.07, 6.45) is 6.86. The van der Waals surface area contributed by atoms with Crippen LogP contribution in [0.4, 0.5) is 0 Å². The van der Waals surface area contributed by atoms with Crippen molar-refractivity contribution >= 4 is 5.84 Å². The second-order valence-electron chi connectivity index (χ2n) is 4.35. The summed E-state index contributed by atoms with van der Waals surface area (Å²) in [4.78, 5) is 0. The number of oxime groups is 1. The summed E-state index contributed by atoms with van der Waals surface area (Å²) in [6, 6.07) is 3.75. The summed E-state index contributed by atoms with van der Waals surface area (Å²) < 4.78 is 7.58. The zero-order valence-corrected chi connectivity index (χ0v) is 9.88. The van der Waals surface area contributed by atoms with E-state index in [-0.39, 0.29) is 5.84 Å². The van der Waals surface area contributed by atoms with Gasteiger partial charge in [0.1, 0.15) is 0 Å². The maximum absolute atomic E-state index is 8.66. The lowest BCUT2D eigenvalue weighted by Crippen LogP contribution is -2.18. The molecule has 3 N–H and O–H groups in total. The highest BCUT2D eigenvalue weighted by atomic mass is 16.5. The Morgan fingerprint density at radius 2 is 2.53 bits per heavy atom. The summed E-state index contributed by atoms with van der Waals surface area (Å²) in [5.41, 5.74) is 6.35. The Bertz CT molecular complexity index is 381.